The van der Waals surface area contributed by atoms with E-state index in [9.17, 15) is 18.0 Å². The lowest BCUT2D eigenvalue weighted by molar-refractivity contribution is -0.120. The molecule has 10 heteroatoms. The zero-order chi connectivity index (χ0) is 23.3. The maximum absolute atomic E-state index is 12.4. The average Bonchev–Trinajstić information content (AvgIpc) is 2.72. The molecule has 1 heterocycles. The molecule has 2 aromatic rings. The highest BCUT2D eigenvalue weighted by Gasteiger charge is 2.21. The molecule has 2 amide bonds. The number of aryl methyl sites for hydroxylation is 1. The van der Waals surface area contributed by atoms with Gasteiger partial charge in [0.2, 0.25) is 21.8 Å². The van der Waals surface area contributed by atoms with Crippen molar-refractivity contribution >= 4 is 33.2 Å². The molecule has 1 aliphatic rings. The van der Waals surface area contributed by atoms with Crippen LogP contribution >= 0.6 is 0 Å². The standard InChI is InChI=1S/C22H29N5O4S/c1-16-4-3-5-20(17(16)2)25-22(29)15-27-12-10-26(11-13-27)14-21(28)24-18-6-8-19(9-7-18)32(23,30)31/h3-9H,10-15H2,1-2H3,(H,24,28)(H,25,29)(H2,23,30,31). The Hall–Kier alpha value is -2.79. The monoisotopic (exact) mass is 459 g/mol. The van der Waals surface area contributed by atoms with Crippen LogP contribution in [0, 0.1) is 13.8 Å². The number of anilines is 2. The van der Waals surface area contributed by atoms with Crippen LogP contribution in [0.15, 0.2) is 47.4 Å². The Morgan fingerprint density at radius 3 is 1.94 bits per heavy atom. The maximum Gasteiger partial charge on any atom is 0.238 e. The molecule has 0 aliphatic carbocycles. The summed E-state index contributed by atoms with van der Waals surface area (Å²) < 4.78 is 22.6. The Morgan fingerprint density at radius 2 is 1.41 bits per heavy atom. The van der Waals surface area contributed by atoms with Crippen molar-refractivity contribution in [1.29, 1.82) is 0 Å². The number of nitrogens with one attached hydrogen (secondary N) is 2. The van der Waals surface area contributed by atoms with Gasteiger partial charge in [-0.2, -0.15) is 0 Å². The molecule has 1 saturated heterocycles. The number of nitrogens with zero attached hydrogens (tertiary/aromatic N) is 2. The fraction of sp³-hybridized carbons (Fsp3) is 0.364. The number of hydrogen-bond acceptors (Lipinski definition) is 6. The zero-order valence-electron chi connectivity index (χ0n) is 18.3. The van der Waals surface area contributed by atoms with E-state index in [0.717, 1.165) is 16.8 Å². The third-order valence-electron chi connectivity index (χ3n) is 5.54. The molecule has 0 spiro atoms. The van der Waals surface area contributed by atoms with Gasteiger partial charge < -0.3 is 10.6 Å². The second-order valence-corrected chi connectivity index (χ2v) is 9.53. The molecule has 2 aromatic carbocycles. The van der Waals surface area contributed by atoms with E-state index in [4.69, 9.17) is 5.14 Å². The van der Waals surface area contributed by atoms with Crippen molar-refractivity contribution in [3.05, 3.63) is 53.6 Å². The SMILES string of the molecule is Cc1cccc(NC(=O)CN2CCN(CC(=O)Nc3ccc(S(N)(=O)=O)cc3)CC2)c1C. The molecule has 4 N–H and O–H groups in total. The van der Waals surface area contributed by atoms with Crippen LogP contribution in [-0.4, -0.2) is 69.3 Å². The van der Waals surface area contributed by atoms with Gasteiger partial charge in [0, 0.05) is 37.6 Å². The maximum atomic E-state index is 12.4. The van der Waals surface area contributed by atoms with Gasteiger partial charge in [0.05, 0.1) is 18.0 Å². The summed E-state index contributed by atoms with van der Waals surface area (Å²) in [6.45, 7) is 7.27. The first-order valence-corrected chi connectivity index (χ1v) is 11.9. The summed E-state index contributed by atoms with van der Waals surface area (Å²) in [4.78, 5) is 28.8. The van der Waals surface area contributed by atoms with Crippen molar-refractivity contribution in [2.24, 2.45) is 5.14 Å². The van der Waals surface area contributed by atoms with Gasteiger partial charge in [0.15, 0.2) is 0 Å². The third kappa shape index (κ3) is 6.60. The zero-order valence-corrected chi connectivity index (χ0v) is 19.1. The number of nitrogens with two attached hydrogens (primary N) is 1. The Balaban J connectivity index is 1.42. The van der Waals surface area contributed by atoms with Crippen molar-refractivity contribution in [3.8, 4) is 0 Å². The highest BCUT2D eigenvalue weighted by molar-refractivity contribution is 7.89. The summed E-state index contributed by atoms with van der Waals surface area (Å²) in [7, 11) is -3.76. The number of piperazine rings is 1. The lowest BCUT2D eigenvalue weighted by atomic mass is 10.1. The second kappa shape index (κ2) is 10.2. The molecule has 9 nitrogen and oxygen atoms in total. The molecule has 172 valence electrons. The minimum absolute atomic E-state index is 0.00628. The average molecular weight is 460 g/mol. The largest absolute Gasteiger partial charge is 0.325 e. The summed E-state index contributed by atoms with van der Waals surface area (Å²) in [5.74, 6) is -0.234. The number of primary sulfonamides is 1. The minimum Gasteiger partial charge on any atom is -0.325 e. The van der Waals surface area contributed by atoms with Crippen molar-refractivity contribution in [2.45, 2.75) is 18.7 Å². The molecular weight excluding hydrogens is 430 g/mol. The van der Waals surface area contributed by atoms with E-state index in [-0.39, 0.29) is 23.3 Å². The number of carbonyl (C=O) groups excluding carboxylic acids is 2. The quantitative estimate of drug-likeness (QED) is 0.570. The number of carbonyl (C=O) groups is 2. The van der Waals surface area contributed by atoms with E-state index in [0.29, 0.717) is 38.4 Å². The van der Waals surface area contributed by atoms with Crippen LogP contribution in [0.2, 0.25) is 0 Å². The number of rotatable bonds is 7. The van der Waals surface area contributed by atoms with Crippen molar-refractivity contribution in [3.63, 3.8) is 0 Å². The predicted octanol–water partition coefficient (Wildman–Crippen LogP) is 1.15. The molecule has 0 saturated carbocycles. The van der Waals surface area contributed by atoms with Crippen molar-refractivity contribution in [2.75, 3.05) is 49.9 Å². The molecule has 1 fully saturated rings. The lowest BCUT2D eigenvalue weighted by Crippen LogP contribution is -2.50. The Labute approximate surface area is 188 Å². The van der Waals surface area contributed by atoms with Gasteiger partial charge in [-0.3, -0.25) is 19.4 Å². The lowest BCUT2D eigenvalue weighted by Gasteiger charge is -2.33. The van der Waals surface area contributed by atoms with Gasteiger partial charge in [-0.1, -0.05) is 12.1 Å². The molecule has 0 aromatic heterocycles. The Kier molecular flexibility index (Phi) is 7.62. The van der Waals surface area contributed by atoms with Crippen molar-refractivity contribution in [1.82, 2.24) is 9.80 Å². The van der Waals surface area contributed by atoms with Crippen LogP contribution in [0.25, 0.3) is 0 Å². The highest BCUT2D eigenvalue weighted by atomic mass is 32.2. The number of hydrogen-bond donors (Lipinski definition) is 3. The number of amides is 2. The normalized spacial score (nSPS) is 15.3. The van der Waals surface area contributed by atoms with Crippen LogP contribution < -0.4 is 15.8 Å². The molecule has 0 radical (unpaired) electrons. The van der Waals surface area contributed by atoms with Crippen molar-refractivity contribution < 1.29 is 18.0 Å². The van der Waals surface area contributed by atoms with Gasteiger partial charge in [-0.15, -0.1) is 0 Å². The van der Waals surface area contributed by atoms with Gasteiger partial charge in [0.1, 0.15) is 0 Å². The van der Waals surface area contributed by atoms with Gasteiger partial charge >= 0.3 is 0 Å². The van der Waals surface area contributed by atoms with Gasteiger partial charge in [-0.05, 0) is 55.3 Å². The highest BCUT2D eigenvalue weighted by Crippen LogP contribution is 2.18. The fourth-order valence-electron chi connectivity index (χ4n) is 3.52. The first-order valence-electron chi connectivity index (χ1n) is 10.4. The number of benzene rings is 2. The Bertz CT molecular complexity index is 1080. The topological polar surface area (TPSA) is 125 Å². The first-order chi connectivity index (χ1) is 15.1. The van der Waals surface area contributed by atoms with Crippen LogP contribution in [0.5, 0.6) is 0 Å². The molecule has 3 rings (SSSR count). The van der Waals surface area contributed by atoms with Gasteiger partial charge in [0.25, 0.3) is 0 Å². The molecule has 0 unspecified atom stereocenters. The van der Waals surface area contributed by atoms with E-state index in [1.807, 2.05) is 36.9 Å². The summed E-state index contributed by atoms with van der Waals surface area (Å²) in [6.07, 6.45) is 0. The van der Waals surface area contributed by atoms with E-state index in [1.54, 1.807) is 0 Å². The smallest absolute Gasteiger partial charge is 0.238 e. The molecule has 0 bridgehead atoms. The second-order valence-electron chi connectivity index (χ2n) is 7.97. The van der Waals surface area contributed by atoms with E-state index in [2.05, 4.69) is 15.5 Å². The van der Waals surface area contributed by atoms with Crippen LogP contribution in [0.1, 0.15) is 11.1 Å². The summed E-state index contributed by atoms with van der Waals surface area (Å²) in [5.41, 5.74) is 3.54. The molecule has 0 atom stereocenters. The van der Waals surface area contributed by atoms with Crippen LogP contribution in [0.3, 0.4) is 0 Å². The fourth-order valence-corrected chi connectivity index (χ4v) is 4.03. The molecular formula is C22H29N5O4S. The minimum atomic E-state index is -3.76. The Morgan fingerprint density at radius 1 is 0.875 bits per heavy atom. The molecule has 32 heavy (non-hydrogen) atoms. The van der Waals surface area contributed by atoms with Crippen LogP contribution in [-0.2, 0) is 19.6 Å². The van der Waals surface area contributed by atoms with Crippen LogP contribution in [0.4, 0.5) is 11.4 Å². The third-order valence-corrected chi connectivity index (χ3v) is 6.47. The summed E-state index contributed by atoms with van der Waals surface area (Å²) in [5, 5.41) is 10.8. The van der Waals surface area contributed by atoms with E-state index >= 15 is 0 Å². The summed E-state index contributed by atoms with van der Waals surface area (Å²) in [6, 6.07) is 11.6. The van der Waals surface area contributed by atoms with Gasteiger partial charge in [-0.25, -0.2) is 13.6 Å². The van der Waals surface area contributed by atoms with E-state index < -0.39 is 10.0 Å². The number of sulfonamides is 1. The summed E-state index contributed by atoms with van der Waals surface area (Å²) >= 11 is 0. The predicted molar refractivity (Wildman–Crippen MR) is 124 cm³/mol. The first kappa shape index (κ1) is 23.9. The molecule has 1 aliphatic heterocycles. The van der Waals surface area contributed by atoms with E-state index in [1.165, 1.54) is 24.3 Å².